The van der Waals surface area contributed by atoms with Crippen molar-refractivity contribution in [3.05, 3.63) is 0 Å². The molecule has 1 unspecified atom stereocenters. The van der Waals surface area contributed by atoms with Gasteiger partial charge < -0.3 is 24.1 Å². The highest BCUT2D eigenvalue weighted by Crippen LogP contribution is 2.52. The van der Waals surface area contributed by atoms with Crippen molar-refractivity contribution >= 4 is 5.97 Å². The first-order chi connectivity index (χ1) is 8.94. The molecule has 0 spiro atoms. The lowest BCUT2D eigenvalue weighted by Crippen LogP contribution is -2.57. The van der Waals surface area contributed by atoms with E-state index in [1.807, 2.05) is 0 Å². The van der Waals surface area contributed by atoms with Gasteiger partial charge in [0, 0.05) is 5.92 Å². The Morgan fingerprint density at radius 1 is 1.42 bits per heavy atom. The molecule has 3 aliphatic rings. The monoisotopic (exact) mass is 272 g/mol. The Morgan fingerprint density at radius 2 is 2.16 bits per heavy atom. The molecule has 0 aromatic heterocycles. The van der Waals surface area contributed by atoms with Crippen LogP contribution in [-0.2, 0) is 23.7 Å². The van der Waals surface area contributed by atoms with Gasteiger partial charge in [0.25, 0.3) is 0 Å². The van der Waals surface area contributed by atoms with Crippen molar-refractivity contribution in [3.63, 3.8) is 0 Å². The van der Waals surface area contributed by atoms with Crippen LogP contribution >= 0.6 is 0 Å². The van der Waals surface area contributed by atoms with Crippen molar-refractivity contribution in [2.45, 2.75) is 51.0 Å². The molecule has 0 aromatic rings. The van der Waals surface area contributed by atoms with E-state index in [1.54, 1.807) is 20.8 Å². The van der Waals surface area contributed by atoms with Gasteiger partial charge in [-0.25, -0.2) is 0 Å². The molecule has 1 N–H and O–H groups in total. The second-order valence-electron chi connectivity index (χ2n) is 5.78. The van der Waals surface area contributed by atoms with E-state index in [9.17, 15) is 9.90 Å². The fourth-order valence-electron chi connectivity index (χ4n) is 3.06. The van der Waals surface area contributed by atoms with E-state index in [-0.39, 0.29) is 30.0 Å². The summed E-state index contributed by atoms with van der Waals surface area (Å²) in [6, 6.07) is 0. The average Bonchev–Trinajstić information content (AvgIpc) is 3.05. The molecule has 6 heteroatoms. The maximum Gasteiger partial charge on any atom is 0.312 e. The lowest BCUT2D eigenvalue weighted by atomic mass is 9.99. The van der Waals surface area contributed by atoms with E-state index in [1.165, 1.54) is 0 Å². The summed E-state index contributed by atoms with van der Waals surface area (Å²) in [4.78, 5) is 11.8. The third kappa shape index (κ3) is 2.16. The number of fused-ring (bicyclic) bond motifs is 2. The molecule has 1 saturated carbocycles. The summed E-state index contributed by atoms with van der Waals surface area (Å²) in [5, 5.41) is 10.4. The molecule has 1 aliphatic carbocycles. The summed E-state index contributed by atoms with van der Waals surface area (Å²) < 4.78 is 22.0. The van der Waals surface area contributed by atoms with Crippen LogP contribution in [0.2, 0.25) is 0 Å². The number of aliphatic hydroxyl groups excluding tert-OH is 1. The van der Waals surface area contributed by atoms with Gasteiger partial charge in [-0.15, -0.1) is 0 Å². The Labute approximate surface area is 112 Å². The predicted octanol–water partition coefficient (Wildman–Crippen LogP) is 0.0753. The number of ether oxygens (including phenoxy) is 4. The SMILES string of the molecule is CCOC(=O)C1[C@@H]2[C@@H](O)[C@@H]3OC(C)(C)OC[C@H]3O[C@H]12. The molecule has 19 heavy (non-hydrogen) atoms. The molecule has 6 nitrogen and oxygen atoms in total. The van der Waals surface area contributed by atoms with Crippen LogP contribution in [0, 0.1) is 11.8 Å². The lowest BCUT2D eigenvalue weighted by Gasteiger charge is -2.44. The molecule has 0 aromatic carbocycles. The van der Waals surface area contributed by atoms with E-state index in [0.717, 1.165) is 0 Å². The summed E-state index contributed by atoms with van der Waals surface area (Å²) in [5.74, 6) is -1.61. The van der Waals surface area contributed by atoms with Gasteiger partial charge in [-0.05, 0) is 20.8 Å². The average molecular weight is 272 g/mol. The number of aliphatic hydroxyl groups is 1. The summed E-state index contributed by atoms with van der Waals surface area (Å²) in [7, 11) is 0. The number of carbonyl (C=O) groups is 1. The largest absolute Gasteiger partial charge is 0.466 e. The van der Waals surface area contributed by atoms with E-state index < -0.39 is 18.0 Å². The van der Waals surface area contributed by atoms with Crippen molar-refractivity contribution < 1.29 is 28.8 Å². The van der Waals surface area contributed by atoms with Crippen molar-refractivity contribution in [2.75, 3.05) is 13.2 Å². The molecule has 2 heterocycles. The molecule has 3 rings (SSSR count). The molecular weight excluding hydrogens is 252 g/mol. The Balaban J connectivity index is 1.71. The van der Waals surface area contributed by atoms with Crippen LogP contribution in [0.4, 0.5) is 0 Å². The van der Waals surface area contributed by atoms with Crippen LogP contribution in [0.15, 0.2) is 0 Å². The van der Waals surface area contributed by atoms with Gasteiger partial charge in [0.2, 0.25) is 0 Å². The van der Waals surface area contributed by atoms with Crippen molar-refractivity contribution in [3.8, 4) is 0 Å². The molecule has 0 radical (unpaired) electrons. The van der Waals surface area contributed by atoms with Crippen molar-refractivity contribution in [2.24, 2.45) is 11.8 Å². The Morgan fingerprint density at radius 3 is 2.84 bits per heavy atom. The zero-order valence-electron chi connectivity index (χ0n) is 11.4. The van der Waals surface area contributed by atoms with Crippen LogP contribution in [0.25, 0.3) is 0 Å². The van der Waals surface area contributed by atoms with Crippen LogP contribution in [0.3, 0.4) is 0 Å². The quantitative estimate of drug-likeness (QED) is 0.717. The van der Waals surface area contributed by atoms with Crippen molar-refractivity contribution in [1.82, 2.24) is 0 Å². The first kappa shape index (κ1) is 13.3. The Bertz CT molecular complexity index is 381. The smallest absolute Gasteiger partial charge is 0.312 e. The molecule has 108 valence electrons. The number of rotatable bonds is 2. The lowest BCUT2D eigenvalue weighted by molar-refractivity contribution is -0.337. The summed E-state index contributed by atoms with van der Waals surface area (Å²) in [6.07, 6.45) is -1.72. The molecule has 2 saturated heterocycles. The summed E-state index contributed by atoms with van der Waals surface area (Å²) in [6.45, 7) is 6.08. The van der Waals surface area contributed by atoms with Gasteiger partial charge in [-0.2, -0.15) is 0 Å². The maximum atomic E-state index is 11.8. The van der Waals surface area contributed by atoms with Gasteiger partial charge in [0.05, 0.1) is 31.3 Å². The summed E-state index contributed by atoms with van der Waals surface area (Å²) in [5.41, 5.74) is 0. The fraction of sp³-hybridized carbons (Fsp3) is 0.923. The highest BCUT2D eigenvalue weighted by molar-refractivity contribution is 5.77. The molecular formula is C13H20O6. The second kappa shape index (κ2) is 4.41. The van der Waals surface area contributed by atoms with Crippen LogP contribution in [0.5, 0.6) is 0 Å². The molecule has 2 aliphatic heterocycles. The van der Waals surface area contributed by atoms with Gasteiger partial charge in [-0.3, -0.25) is 4.79 Å². The van der Waals surface area contributed by atoms with Gasteiger partial charge >= 0.3 is 5.97 Å². The highest BCUT2D eigenvalue weighted by atomic mass is 16.7. The van der Waals surface area contributed by atoms with E-state index >= 15 is 0 Å². The third-order valence-electron chi connectivity index (χ3n) is 4.01. The standard InChI is InChI=1S/C13H20O6/c1-4-16-12(15)8-7-9(14)10-6(18-11(7)8)5-17-13(2,3)19-10/h6-11,14H,4-5H2,1-3H3/t6-,7-,8?,9-,10-,11+/m1/s1. The molecule has 3 fully saturated rings. The van der Waals surface area contributed by atoms with E-state index in [2.05, 4.69) is 0 Å². The van der Waals surface area contributed by atoms with Crippen molar-refractivity contribution in [1.29, 1.82) is 0 Å². The summed E-state index contributed by atoms with van der Waals surface area (Å²) >= 11 is 0. The predicted molar refractivity (Wildman–Crippen MR) is 63.2 cm³/mol. The molecule has 6 atom stereocenters. The van der Waals surface area contributed by atoms with Gasteiger partial charge in [0.1, 0.15) is 12.2 Å². The minimum absolute atomic E-state index is 0.214. The van der Waals surface area contributed by atoms with Crippen LogP contribution < -0.4 is 0 Å². The zero-order chi connectivity index (χ0) is 13.8. The zero-order valence-corrected chi connectivity index (χ0v) is 11.4. The van der Waals surface area contributed by atoms with E-state index in [0.29, 0.717) is 13.2 Å². The normalized spacial score (nSPS) is 46.9. The number of esters is 1. The minimum Gasteiger partial charge on any atom is -0.466 e. The Hall–Kier alpha value is -0.690. The first-order valence-corrected chi connectivity index (χ1v) is 6.76. The van der Waals surface area contributed by atoms with Gasteiger partial charge in [-0.1, -0.05) is 0 Å². The first-order valence-electron chi connectivity index (χ1n) is 6.76. The van der Waals surface area contributed by atoms with E-state index in [4.69, 9.17) is 18.9 Å². The highest BCUT2D eigenvalue weighted by Gasteiger charge is 2.67. The molecule has 0 amide bonds. The number of hydrogen-bond acceptors (Lipinski definition) is 6. The maximum absolute atomic E-state index is 11.8. The third-order valence-corrected chi connectivity index (χ3v) is 4.01. The van der Waals surface area contributed by atoms with Gasteiger partial charge in [0.15, 0.2) is 5.79 Å². The fourth-order valence-corrected chi connectivity index (χ4v) is 3.06. The number of carbonyl (C=O) groups excluding carboxylic acids is 1. The Kier molecular flexibility index (Phi) is 3.09. The number of hydrogen-bond donors (Lipinski definition) is 1. The molecule has 0 bridgehead atoms. The minimum atomic E-state index is -0.730. The second-order valence-corrected chi connectivity index (χ2v) is 5.78. The van der Waals surface area contributed by atoms with Crippen LogP contribution in [-0.4, -0.2) is 54.5 Å². The topological polar surface area (TPSA) is 74.2 Å². The van der Waals surface area contributed by atoms with Crippen LogP contribution in [0.1, 0.15) is 20.8 Å².